The molecule has 1 N–H and O–H groups in total. The van der Waals surface area contributed by atoms with Crippen molar-refractivity contribution in [2.24, 2.45) is 5.41 Å². The Kier molecular flexibility index (Phi) is 4.39. The van der Waals surface area contributed by atoms with E-state index >= 15 is 0 Å². The quantitative estimate of drug-likeness (QED) is 0.808. The van der Waals surface area contributed by atoms with Gasteiger partial charge >= 0.3 is 0 Å². The van der Waals surface area contributed by atoms with Crippen molar-refractivity contribution in [1.29, 1.82) is 0 Å². The van der Waals surface area contributed by atoms with Crippen LogP contribution in [-0.2, 0) is 9.84 Å². The highest BCUT2D eigenvalue weighted by Gasteiger charge is 2.31. The second-order valence-electron chi connectivity index (χ2n) is 6.00. The fraction of sp³-hybridized carbons (Fsp3) is 1.00. The summed E-state index contributed by atoms with van der Waals surface area (Å²) in [6.07, 6.45) is 1.29. The molecule has 0 unspecified atom stereocenters. The molecular weight excluding hydrogens is 210 g/mol. The first kappa shape index (κ1) is 14.9. The fourth-order valence-electron chi connectivity index (χ4n) is 0.836. The molecule has 0 aliphatic carbocycles. The predicted molar refractivity (Wildman–Crippen MR) is 65.8 cm³/mol. The van der Waals surface area contributed by atoms with Gasteiger partial charge in [0.15, 0.2) is 9.84 Å². The Bertz CT molecular complexity index is 299. The molecule has 0 amide bonds. The van der Waals surface area contributed by atoms with Crippen molar-refractivity contribution >= 4 is 9.84 Å². The van der Waals surface area contributed by atoms with E-state index in [1.54, 1.807) is 13.8 Å². The molecule has 1 atom stereocenters. The molecule has 0 fully saturated rings. The summed E-state index contributed by atoms with van der Waals surface area (Å²) in [7, 11) is -3.01. The van der Waals surface area contributed by atoms with Crippen LogP contribution in [0.5, 0.6) is 0 Å². The molecule has 0 saturated carbocycles. The van der Waals surface area contributed by atoms with Crippen LogP contribution in [0.4, 0.5) is 0 Å². The number of rotatable bonds is 4. The predicted octanol–water partition coefficient (Wildman–Crippen LogP) is 1.83. The highest BCUT2D eigenvalue weighted by atomic mass is 32.2. The van der Waals surface area contributed by atoms with Crippen molar-refractivity contribution in [3.63, 3.8) is 0 Å². The Morgan fingerprint density at radius 3 is 1.80 bits per heavy atom. The minimum atomic E-state index is -3.01. The van der Waals surface area contributed by atoms with Crippen LogP contribution in [0.25, 0.3) is 0 Å². The Balaban J connectivity index is 4.42. The van der Waals surface area contributed by atoms with Gasteiger partial charge in [0.25, 0.3) is 0 Å². The lowest BCUT2D eigenvalue weighted by Crippen LogP contribution is -2.48. The van der Waals surface area contributed by atoms with Crippen LogP contribution in [-0.4, -0.2) is 32.0 Å². The zero-order chi connectivity index (χ0) is 12.5. The molecule has 0 bridgehead atoms. The van der Waals surface area contributed by atoms with Crippen LogP contribution in [0, 0.1) is 5.41 Å². The van der Waals surface area contributed by atoms with E-state index in [4.69, 9.17) is 0 Å². The van der Waals surface area contributed by atoms with E-state index in [0.717, 1.165) is 0 Å². The molecule has 0 aromatic carbocycles. The van der Waals surface area contributed by atoms with Gasteiger partial charge in [0, 0.05) is 18.8 Å². The molecule has 0 aromatic rings. The normalized spacial score (nSPS) is 16.5. The van der Waals surface area contributed by atoms with E-state index in [9.17, 15) is 8.42 Å². The van der Waals surface area contributed by atoms with Gasteiger partial charge in [0.2, 0.25) is 0 Å². The molecule has 4 heteroatoms. The third-order valence-electron chi connectivity index (χ3n) is 3.14. The maximum atomic E-state index is 11.5. The van der Waals surface area contributed by atoms with Gasteiger partial charge in [-0.3, -0.25) is 0 Å². The first-order valence-electron chi connectivity index (χ1n) is 5.31. The molecule has 0 saturated heterocycles. The summed E-state index contributed by atoms with van der Waals surface area (Å²) in [5.74, 6) is 0. The van der Waals surface area contributed by atoms with Gasteiger partial charge in [-0.05, 0) is 26.2 Å². The lowest BCUT2D eigenvalue weighted by atomic mass is 9.88. The Hall–Kier alpha value is -0.0900. The van der Waals surface area contributed by atoms with Gasteiger partial charge < -0.3 is 5.32 Å². The van der Waals surface area contributed by atoms with Gasteiger partial charge in [-0.2, -0.15) is 0 Å². The SMILES string of the molecule is C[C@@H](NCC(C)(C)S(C)(=O)=O)C(C)(C)C. The first-order valence-corrected chi connectivity index (χ1v) is 7.20. The molecule has 0 rings (SSSR count). The molecule has 92 valence electrons. The van der Waals surface area contributed by atoms with E-state index < -0.39 is 14.6 Å². The van der Waals surface area contributed by atoms with Crippen LogP contribution in [0.2, 0.25) is 0 Å². The number of hydrogen-bond acceptors (Lipinski definition) is 3. The summed E-state index contributed by atoms with van der Waals surface area (Å²) in [4.78, 5) is 0. The molecule has 0 aliphatic rings. The average Bonchev–Trinajstić information content (AvgIpc) is 1.96. The van der Waals surface area contributed by atoms with Crippen LogP contribution < -0.4 is 5.32 Å². The van der Waals surface area contributed by atoms with E-state index in [2.05, 4.69) is 33.0 Å². The standard InChI is InChI=1S/C11H25NO2S/c1-9(10(2,3)4)12-8-11(5,6)15(7,13)14/h9,12H,8H2,1-7H3/t9-/m1/s1. The second-order valence-corrected chi connectivity index (χ2v) is 8.65. The smallest absolute Gasteiger partial charge is 0.153 e. The molecule has 3 nitrogen and oxygen atoms in total. The maximum absolute atomic E-state index is 11.5. The lowest BCUT2D eigenvalue weighted by molar-refractivity contribution is 0.280. The van der Waals surface area contributed by atoms with Crippen molar-refractivity contribution in [1.82, 2.24) is 5.32 Å². The van der Waals surface area contributed by atoms with Crippen molar-refractivity contribution in [2.75, 3.05) is 12.8 Å². The zero-order valence-electron chi connectivity index (χ0n) is 11.0. The van der Waals surface area contributed by atoms with Gasteiger partial charge in [-0.1, -0.05) is 20.8 Å². The molecule has 0 aromatic heterocycles. The number of nitrogens with one attached hydrogen (secondary N) is 1. The Morgan fingerprint density at radius 2 is 1.53 bits per heavy atom. The molecular formula is C11H25NO2S. The van der Waals surface area contributed by atoms with Crippen molar-refractivity contribution in [2.45, 2.75) is 52.3 Å². The van der Waals surface area contributed by atoms with Crippen LogP contribution in [0.15, 0.2) is 0 Å². The molecule has 0 spiro atoms. The van der Waals surface area contributed by atoms with Crippen LogP contribution in [0.1, 0.15) is 41.5 Å². The summed E-state index contributed by atoms with van der Waals surface area (Å²) in [6.45, 7) is 12.5. The maximum Gasteiger partial charge on any atom is 0.153 e. The first-order chi connectivity index (χ1) is 6.38. The minimum absolute atomic E-state index is 0.146. The lowest BCUT2D eigenvalue weighted by Gasteiger charge is -2.32. The molecule has 15 heavy (non-hydrogen) atoms. The molecule has 0 aliphatic heterocycles. The van der Waals surface area contributed by atoms with Gasteiger partial charge in [-0.25, -0.2) is 8.42 Å². The van der Waals surface area contributed by atoms with Crippen molar-refractivity contribution < 1.29 is 8.42 Å². The van der Waals surface area contributed by atoms with Gasteiger partial charge in [0.05, 0.1) is 4.75 Å². The van der Waals surface area contributed by atoms with Crippen LogP contribution >= 0.6 is 0 Å². The average molecular weight is 235 g/mol. The summed E-state index contributed by atoms with van der Waals surface area (Å²) < 4.78 is 22.2. The molecule has 0 heterocycles. The Morgan fingerprint density at radius 1 is 1.13 bits per heavy atom. The summed E-state index contributed by atoms with van der Waals surface area (Å²) in [6, 6.07) is 0.290. The van der Waals surface area contributed by atoms with Crippen molar-refractivity contribution in [3.8, 4) is 0 Å². The third-order valence-corrected chi connectivity index (χ3v) is 5.29. The fourth-order valence-corrected chi connectivity index (χ4v) is 1.18. The largest absolute Gasteiger partial charge is 0.312 e. The molecule has 0 radical (unpaired) electrons. The minimum Gasteiger partial charge on any atom is -0.312 e. The van der Waals surface area contributed by atoms with E-state index in [1.807, 2.05) is 0 Å². The monoisotopic (exact) mass is 235 g/mol. The number of hydrogen-bond donors (Lipinski definition) is 1. The third kappa shape index (κ3) is 4.51. The van der Waals surface area contributed by atoms with E-state index in [1.165, 1.54) is 6.26 Å². The summed E-state index contributed by atoms with van der Waals surface area (Å²) in [5.41, 5.74) is 0.146. The van der Waals surface area contributed by atoms with E-state index in [0.29, 0.717) is 12.6 Å². The topological polar surface area (TPSA) is 46.2 Å². The highest BCUT2D eigenvalue weighted by Crippen LogP contribution is 2.20. The summed E-state index contributed by atoms with van der Waals surface area (Å²) >= 11 is 0. The van der Waals surface area contributed by atoms with Crippen LogP contribution in [0.3, 0.4) is 0 Å². The van der Waals surface area contributed by atoms with E-state index in [-0.39, 0.29) is 5.41 Å². The Labute approximate surface area is 94.6 Å². The zero-order valence-corrected chi connectivity index (χ0v) is 11.8. The van der Waals surface area contributed by atoms with Crippen molar-refractivity contribution in [3.05, 3.63) is 0 Å². The second kappa shape index (κ2) is 4.42. The number of sulfone groups is 1. The highest BCUT2D eigenvalue weighted by molar-refractivity contribution is 7.92. The van der Waals surface area contributed by atoms with Gasteiger partial charge in [-0.15, -0.1) is 0 Å². The van der Waals surface area contributed by atoms with Gasteiger partial charge in [0.1, 0.15) is 0 Å². The summed E-state index contributed by atoms with van der Waals surface area (Å²) in [5, 5.41) is 3.29.